The number of aryl methyl sites for hydroxylation is 3. The predicted octanol–water partition coefficient (Wildman–Crippen LogP) is 6.60. The Kier molecular flexibility index (Phi) is 4.55. The second-order valence-corrected chi connectivity index (χ2v) is 6.71. The lowest BCUT2D eigenvalue weighted by molar-refractivity contribution is 1.07. The minimum atomic E-state index is 0.755. The fourth-order valence-corrected chi connectivity index (χ4v) is 3.26. The highest BCUT2D eigenvalue weighted by Gasteiger charge is 2.16. The van der Waals surface area contributed by atoms with Crippen LogP contribution in [0, 0.1) is 13.8 Å². The summed E-state index contributed by atoms with van der Waals surface area (Å²) in [5.74, 6) is 0.755. The van der Waals surface area contributed by atoms with Gasteiger partial charge >= 0.3 is 0 Å². The lowest BCUT2D eigenvalue weighted by atomic mass is 10.0. The largest absolute Gasteiger partial charge is 0.283 e. The Labute approximate surface area is 159 Å². The van der Waals surface area contributed by atoms with E-state index in [0.29, 0.717) is 0 Å². The molecule has 0 aliphatic rings. The summed E-state index contributed by atoms with van der Waals surface area (Å²) in [5, 5.41) is 9.22. The van der Waals surface area contributed by atoms with E-state index in [0.717, 1.165) is 34.8 Å². The maximum Gasteiger partial charge on any atom is 0.187 e. The molecule has 0 radical (unpaired) electrons. The van der Waals surface area contributed by atoms with Crippen LogP contribution in [0.15, 0.2) is 77.1 Å². The summed E-state index contributed by atoms with van der Waals surface area (Å²) in [4.78, 5) is 4.85. The van der Waals surface area contributed by atoms with Crippen LogP contribution in [0.25, 0.3) is 16.9 Å². The summed E-state index contributed by atoms with van der Waals surface area (Å²) in [6.45, 7) is 6.33. The number of azo groups is 1. The molecule has 2 aromatic heterocycles. The van der Waals surface area contributed by atoms with Crippen LogP contribution >= 0.6 is 0 Å². The maximum absolute atomic E-state index is 4.85. The van der Waals surface area contributed by atoms with Crippen molar-refractivity contribution in [1.82, 2.24) is 9.38 Å². The van der Waals surface area contributed by atoms with Crippen molar-refractivity contribution in [3.05, 3.63) is 83.6 Å². The van der Waals surface area contributed by atoms with Crippen molar-refractivity contribution in [2.45, 2.75) is 27.2 Å². The topological polar surface area (TPSA) is 42.0 Å². The van der Waals surface area contributed by atoms with Crippen LogP contribution in [-0.4, -0.2) is 9.38 Å². The van der Waals surface area contributed by atoms with Gasteiger partial charge in [0, 0.05) is 11.8 Å². The zero-order chi connectivity index (χ0) is 18.8. The first-order valence-electron chi connectivity index (χ1n) is 9.21. The summed E-state index contributed by atoms with van der Waals surface area (Å²) in [6.07, 6.45) is 2.91. The molecular weight excluding hydrogens is 332 g/mol. The Hall–Kier alpha value is -3.27. The molecule has 0 atom stereocenters. The van der Waals surface area contributed by atoms with Gasteiger partial charge in [0.1, 0.15) is 11.3 Å². The molecule has 0 saturated carbocycles. The second-order valence-electron chi connectivity index (χ2n) is 6.71. The number of nitrogens with zero attached hydrogens (tertiary/aromatic N) is 4. The van der Waals surface area contributed by atoms with Crippen molar-refractivity contribution in [1.29, 1.82) is 0 Å². The predicted molar refractivity (Wildman–Crippen MR) is 110 cm³/mol. The highest BCUT2D eigenvalue weighted by molar-refractivity contribution is 5.77. The molecule has 0 aliphatic heterocycles. The molecule has 4 rings (SSSR count). The molecule has 2 aromatic carbocycles. The van der Waals surface area contributed by atoms with E-state index in [1.807, 2.05) is 47.0 Å². The summed E-state index contributed by atoms with van der Waals surface area (Å²) >= 11 is 0. The molecule has 4 nitrogen and oxygen atoms in total. The van der Waals surface area contributed by atoms with Gasteiger partial charge in [-0.3, -0.25) is 4.40 Å². The average Bonchev–Trinajstić information content (AvgIpc) is 3.06. The molecule has 27 heavy (non-hydrogen) atoms. The van der Waals surface area contributed by atoms with Crippen molar-refractivity contribution in [2.75, 3.05) is 0 Å². The Bertz CT molecular complexity index is 1140. The van der Waals surface area contributed by atoms with Gasteiger partial charge in [0.2, 0.25) is 0 Å². The van der Waals surface area contributed by atoms with Crippen LogP contribution in [-0.2, 0) is 6.42 Å². The van der Waals surface area contributed by atoms with Crippen LogP contribution in [0.3, 0.4) is 0 Å². The molecule has 0 spiro atoms. The molecule has 134 valence electrons. The van der Waals surface area contributed by atoms with Gasteiger partial charge in [0.25, 0.3) is 0 Å². The van der Waals surface area contributed by atoms with E-state index in [-0.39, 0.29) is 0 Å². The molecule has 0 amide bonds. The van der Waals surface area contributed by atoms with Crippen LogP contribution in [0.4, 0.5) is 11.5 Å². The van der Waals surface area contributed by atoms with Crippen molar-refractivity contribution >= 4 is 17.2 Å². The quantitative estimate of drug-likeness (QED) is 0.381. The number of benzene rings is 2. The first-order chi connectivity index (χ1) is 13.2. The summed E-state index contributed by atoms with van der Waals surface area (Å²) in [5.41, 5.74) is 7.28. The molecule has 4 heteroatoms. The Balaban J connectivity index is 1.91. The van der Waals surface area contributed by atoms with Crippen LogP contribution in [0.1, 0.15) is 23.6 Å². The highest BCUT2D eigenvalue weighted by atomic mass is 15.2. The second kappa shape index (κ2) is 7.16. The standard InChI is InChI=1S/C23H22N4/c1-4-18-9-5-6-10-20(18)25-26-23-22(19-15-16(2)12-13-17(19)3)24-21-11-7-8-14-27(21)23/h5-15H,4H2,1-3H3. The average molecular weight is 354 g/mol. The van der Waals surface area contributed by atoms with Gasteiger partial charge < -0.3 is 0 Å². The molecule has 0 saturated heterocycles. The normalized spacial score (nSPS) is 11.5. The van der Waals surface area contributed by atoms with E-state index in [4.69, 9.17) is 4.98 Å². The Morgan fingerprint density at radius 3 is 2.59 bits per heavy atom. The zero-order valence-electron chi connectivity index (χ0n) is 15.8. The fourth-order valence-electron chi connectivity index (χ4n) is 3.26. The van der Waals surface area contributed by atoms with Crippen molar-refractivity contribution in [2.24, 2.45) is 10.2 Å². The van der Waals surface area contributed by atoms with Gasteiger partial charge in [-0.15, -0.1) is 10.2 Å². The van der Waals surface area contributed by atoms with Crippen LogP contribution in [0.5, 0.6) is 0 Å². The van der Waals surface area contributed by atoms with E-state index in [1.54, 1.807) is 0 Å². The number of aromatic nitrogens is 2. The van der Waals surface area contributed by atoms with E-state index >= 15 is 0 Å². The minimum absolute atomic E-state index is 0.755. The Morgan fingerprint density at radius 1 is 0.926 bits per heavy atom. The summed E-state index contributed by atoms with van der Waals surface area (Å²) in [7, 11) is 0. The SMILES string of the molecule is CCc1ccccc1N=Nc1c(-c2cc(C)ccc2C)nc2ccccn12. The van der Waals surface area contributed by atoms with Crippen molar-refractivity contribution in [3.63, 3.8) is 0 Å². The first kappa shape index (κ1) is 17.2. The molecule has 0 unspecified atom stereocenters. The fraction of sp³-hybridized carbons (Fsp3) is 0.174. The van der Waals surface area contributed by atoms with Crippen LogP contribution in [0.2, 0.25) is 0 Å². The van der Waals surface area contributed by atoms with Crippen LogP contribution < -0.4 is 0 Å². The van der Waals surface area contributed by atoms with Gasteiger partial charge in [-0.25, -0.2) is 4.98 Å². The number of hydrogen-bond donors (Lipinski definition) is 0. The van der Waals surface area contributed by atoms with Gasteiger partial charge in [0.15, 0.2) is 5.82 Å². The Morgan fingerprint density at radius 2 is 1.74 bits per heavy atom. The van der Waals surface area contributed by atoms with Gasteiger partial charge in [-0.05, 0) is 55.7 Å². The zero-order valence-corrected chi connectivity index (χ0v) is 15.8. The minimum Gasteiger partial charge on any atom is -0.283 e. The number of fused-ring (bicyclic) bond motifs is 1. The lowest BCUT2D eigenvalue weighted by Gasteiger charge is -2.06. The lowest BCUT2D eigenvalue weighted by Crippen LogP contribution is -1.86. The van der Waals surface area contributed by atoms with E-state index in [9.17, 15) is 0 Å². The number of hydrogen-bond acceptors (Lipinski definition) is 3. The molecule has 2 heterocycles. The van der Waals surface area contributed by atoms with Gasteiger partial charge in [-0.1, -0.05) is 48.9 Å². The molecule has 0 N–H and O–H groups in total. The molecule has 0 fully saturated rings. The third-order valence-electron chi connectivity index (χ3n) is 4.78. The third kappa shape index (κ3) is 3.26. The smallest absolute Gasteiger partial charge is 0.187 e. The van der Waals surface area contributed by atoms with E-state index in [2.05, 4.69) is 55.3 Å². The molecule has 0 aliphatic carbocycles. The number of pyridine rings is 1. The first-order valence-corrected chi connectivity index (χ1v) is 9.21. The van der Waals surface area contributed by atoms with Gasteiger partial charge in [-0.2, -0.15) is 0 Å². The van der Waals surface area contributed by atoms with Crippen molar-refractivity contribution in [3.8, 4) is 11.3 Å². The monoisotopic (exact) mass is 354 g/mol. The highest BCUT2D eigenvalue weighted by Crippen LogP contribution is 2.34. The van der Waals surface area contributed by atoms with E-state index < -0.39 is 0 Å². The molecule has 4 aromatic rings. The number of rotatable bonds is 4. The molecule has 0 bridgehead atoms. The summed E-state index contributed by atoms with van der Waals surface area (Å²) in [6, 6.07) is 20.5. The summed E-state index contributed by atoms with van der Waals surface area (Å²) < 4.78 is 2.00. The number of imidazole rings is 1. The molecular formula is C23H22N4. The third-order valence-corrected chi connectivity index (χ3v) is 4.78. The van der Waals surface area contributed by atoms with Crippen molar-refractivity contribution < 1.29 is 0 Å². The van der Waals surface area contributed by atoms with E-state index in [1.165, 1.54) is 16.7 Å². The van der Waals surface area contributed by atoms with Gasteiger partial charge in [0.05, 0.1) is 5.69 Å². The maximum atomic E-state index is 4.85.